The van der Waals surface area contributed by atoms with E-state index in [-0.39, 0.29) is 0 Å². The van der Waals surface area contributed by atoms with Crippen LogP contribution in [0.2, 0.25) is 0 Å². The normalized spacial score (nSPS) is 11.8. The van der Waals surface area contributed by atoms with E-state index in [1.165, 1.54) is 0 Å². The summed E-state index contributed by atoms with van der Waals surface area (Å²) >= 11 is 0. The molecule has 0 atom stereocenters. The van der Waals surface area contributed by atoms with E-state index in [1.54, 1.807) is 74.4 Å². The Kier molecular flexibility index (Phi) is 7.63. The highest BCUT2D eigenvalue weighted by atomic mass is 16.3. The minimum Gasteiger partial charge on any atom is -0.456 e. The third kappa shape index (κ3) is 5.60. The van der Waals surface area contributed by atoms with Crippen molar-refractivity contribution in [1.29, 1.82) is 0 Å². The summed E-state index contributed by atoms with van der Waals surface area (Å²) in [5.74, 6) is 0. The second-order valence-corrected chi connectivity index (χ2v) is 15.4. The van der Waals surface area contributed by atoms with Gasteiger partial charge in [0.15, 0.2) is 0 Å². The van der Waals surface area contributed by atoms with E-state index < -0.39 is 0 Å². The van der Waals surface area contributed by atoms with Gasteiger partial charge in [-0.15, -0.1) is 0 Å². The van der Waals surface area contributed by atoms with Crippen LogP contribution >= 0.6 is 0 Å². The fourth-order valence-corrected chi connectivity index (χ4v) is 9.06. The van der Waals surface area contributed by atoms with E-state index >= 15 is 0 Å². The predicted octanol–water partition coefficient (Wildman–Crippen LogP) is 11.6. The lowest BCUT2D eigenvalue weighted by Gasteiger charge is -2.10. The number of nitrogens with zero attached hydrogens (tertiary/aromatic N) is 10. The summed E-state index contributed by atoms with van der Waals surface area (Å²) in [6, 6.07) is 38.8. The molecule has 7 heterocycles. The van der Waals surface area contributed by atoms with Gasteiger partial charge in [-0.3, -0.25) is 39.9 Å². The second-order valence-electron chi connectivity index (χ2n) is 15.4. The van der Waals surface area contributed by atoms with Crippen molar-refractivity contribution in [3.8, 4) is 56.4 Å². The number of hydrogen-bond acceptors (Lipinski definition) is 9. The highest BCUT2D eigenvalue weighted by molar-refractivity contribution is 6.14. The minimum absolute atomic E-state index is 0.811. The summed E-state index contributed by atoms with van der Waals surface area (Å²) in [5.41, 5.74) is 15.1. The summed E-state index contributed by atoms with van der Waals surface area (Å²) in [6.45, 7) is 0. The summed E-state index contributed by atoms with van der Waals surface area (Å²) in [6.07, 6.45) is 20.8. The Labute approximate surface area is 357 Å². The molecule has 0 spiro atoms. The molecule has 11 heteroatoms. The van der Waals surface area contributed by atoms with E-state index in [2.05, 4.69) is 158 Å². The van der Waals surface area contributed by atoms with Crippen molar-refractivity contribution in [2.45, 2.75) is 0 Å². The van der Waals surface area contributed by atoms with E-state index in [0.717, 1.165) is 122 Å². The van der Waals surface area contributed by atoms with Crippen molar-refractivity contribution in [2.75, 3.05) is 0 Å². The zero-order valence-electron chi connectivity index (χ0n) is 33.2. The molecule has 0 fully saturated rings. The van der Waals surface area contributed by atoms with Gasteiger partial charge in [-0.05, 0) is 84.9 Å². The van der Waals surface area contributed by atoms with Crippen LogP contribution in [0.15, 0.2) is 188 Å². The first-order valence-electron chi connectivity index (χ1n) is 20.4. The van der Waals surface area contributed by atoms with Crippen molar-refractivity contribution in [3.05, 3.63) is 184 Å². The van der Waals surface area contributed by atoms with Gasteiger partial charge >= 0.3 is 0 Å². The van der Waals surface area contributed by atoms with Crippen LogP contribution in [0.1, 0.15) is 0 Å². The first-order chi connectivity index (χ1) is 31.2. The number of rotatable bonds is 6. The van der Waals surface area contributed by atoms with Gasteiger partial charge in [0.2, 0.25) is 0 Å². The molecule has 13 rings (SSSR count). The van der Waals surface area contributed by atoms with Crippen LogP contribution in [0, 0.1) is 0 Å². The zero-order chi connectivity index (χ0) is 41.4. The standard InChI is InChI=1S/C52H30N10O/c1-7-47-37(21-31(1)43-27-53-13-17-57-43)38-22-32(44-28-54-14-18-58-44)2-8-48(38)61(47)35-5-11-51-41(25-35)42-26-36(6-12-52(42)63-51)62-49-9-3-33(45-29-55-15-19-59-45)23-39(49)40-24-34(4-10-50(40)62)46-30-56-16-20-60-46/h1-30H. The monoisotopic (exact) mass is 810 g/mol. The maximum Gasteiger partial charge on any atom is 0.135 e. The Balaban J connectivity index is 1.00. The molecule has 11 nitrogen and oxygen atoms in total. The molecule has 7 aromatic heterocycles. The van der Waals surface area contributed by atoms with Crippen molar-refractivity contribution in [1.82, 2.24) is 49.0 Å². The van der Waals surface area contributed by atoms with Gasteiger partial charge in [0.1, 0.15) is 11.2 Å². The molecule has 13 aromatic rings. The average molecular weight is 811 g/mol. The van der Waals surface area contributed by atoms with Crippen LogP contribution in [-0.2, 0) is 0 Å². The maximum atomic E-state index is 6.54. The highest BCUT2D eigenvalue weighted by Gasteiger charge is 2.20. The quantitative estimate of drug-likeness (QED) is 0.161. The van der Waals surface area contributed by atoms with Crippen LogP contribution in [0.3, 0.4) is 0 Å². The minimum atomic E-state index is 0.811. The van der Waals surface area contributed by atoms with Gasteiger partial charge in [-0.25, -0.2) is 0 Å². The SMILES string of the molecule is c1cnc(-c2ccc3c(c2)c2cc(-c4cnccn4)ccc2n3-c2ccc3oc4ccc(-n5c6ccc(-c7cnccn7)cc6c6cc(-c7cnccn7)ccc65)cc4c3c2)cn1. The molecule has 0 amide bonds. The van der Waals surface area contributed by atoms with Gasteiger partial charge in [0, 0.05) is 116 Å². The Morgan fingerprint density at radius 3 is 0.905 bits per heavy atom. The van der Waals surface area contributed by atoms with Crippen LogP contribution in [-0.4, -0.2) is 49.0 Å². The highest BCUT2D eigenvalue weighted by Crippen LogP contribution is 2.41. The maximum absolute atomic E-state index is 6.54. The van der Waals surface area contributed by atoms with E-state index in [1.807, 2.05) is 0 Å². The molecular formula is C52H30N10O. The van der Waals surface area contributed by atoms with Crippen LogP contribution in [0.4, 0.5) is 0 Å². The van der Waals surface area contributed by atoms with Gasteiger partial charge in [0.05, 0.1) is 69.6 Å². The zero-order valence-corrected chi connectivity index (χ0v) is 33.2. The van der Waals surface area contributed by atoms with E-state index in [0.29, 0.717) is 0 Å². The summed E-state index contributed by atoms with van der Waals surface area (Å²) in [7, 11) is 0. The summed E-state index contributed by atoms with van der Waals surface area (Å²) < 4.78 is 11.2. The number of furan rings is 1. The lowest BCUT2D eigenvalue weighted by atomic mass is 10.0. The van der Waals surface area contributed by atoms with Crippen molar-refractivity contribution < 1.29 is 4.42 Å². The fourth-order valence-electron chi connectivity index (χ4n) is 9.06. The smallest absolute Gasteiger partial charge is 0.135 e. The Bertz CT molecular complexity index is 3450. The molecule has 6 aromatic carbocycles. The topological polar surface area (TPSA) is 126 Å². The molecule has 0 bridgehead atoms. The van der Waals surface area contributed by atoms with Crippen LogP contribution < -0.4 is 0 Å². The van der Waals surface area contributed by atoms with Gasteiger partial charge in [0.25, 0.3) is 0 Å². The predicted molar refractivity (Wildman–Crippen MR) is 247 cm³/mol. The lowest BCUT2D eigenvalue weighted by molar-refractivity contribution is 0.669. The third-order valence-corrected chi connectivity index (χ3v) is 11.9. The molecular weight excluding hydrogens is 781 g/mol. The van der Waals surface area contributed by atoms with Gasteiger partial charge in [-0.1, -0.05) is 24.3 Å². The molecule has 0 unspecified atom stereocenters. The molecule has 0 aliphatic rings. The number of hydrogen-bond donors (Lipinski definition) is 0. The molecule has 0 aliphatic carbocycles. The first-order valence-corrected chi connectivity index (χ1v) is 20.4. The molecule has 0 radical (unpaired) electrons. The summed E-state index contributed by atoms with van der Waals surface area (Å²) in [4.78, 5) is 35.8. The Morgan fingerprint density at radius 2 is 0.619 bits per heavy atom. The third-order valence-electron chi connectivity index (χ3n) is 11.9. The van der Waals surface area contributed by atoms with Gasteiger partial charge < -0.3 is 13.6 Å². The number of aromatic nitrogens is 10. The molecule has 0 aliphatic heterocycles. The van der Waals surface area contributed by atoms with Crippen molar-refractivity contribution in [2.24, 2.45) is 0 Å². The largest absolute Gasteiger partial charge is 0.456 e. The van der Waals surface area contributed by atoms with E-state index in [4.69, 9.17) is 4.42 Å². The molecule has 0 saturated heterocycles. The molecule has 63 heavy (non-hydrogen) atoms. The number of benzene rings is 6. The fraction of sp³-hybridized carbons (Fsp3) is 0. The van der Waals surface area contributed by atoms with Crippen LogP contribution in [0.25, 0.3) is 122 Å². The lowest BCUT2D eigenvalue weighted by Crippen LogP contribution is -1.94. The first kappa shape index (κ1) is 34.9. The van der Waals surface area contributed by atoms with Crippen molar-refractivity contribution in [3.63, 3.8) is 0 Å². The van der Waals surface area contributed by atoms with Gasteiger partial charge in [-0.2, -0.15) is 0 Å². The molecule has 294 valence electrons. The molecule has 0 N–H and O–H groups in total. The van der Waals surface area contributed by atoms with Crippen molar-refractivity contribution >= 4 is 65.6 Å². The average Bonchev–Trinajstić information content (AvgIpc) is 4.01. The Hall–Kier alpha value is -8.96. The molecule has 0 saturated carbocycles. The summed E-state index contributed by atoms with van der Waals surface area (Å²) in [5, 5.41) is 6.40. The van der Waals surface area contributed by atoms with Crippen LogP contribution in [0.5, 0.6) is 0 Å². The second kappa shape index (κ2) is 13.8. The number of fused-ring (bicyclic) bond motifs is 9. The Morgan fingerprint density at radius 1 is 0.302 bits per heavy atom. The van der Waals surface area contributed by atoms with E-state index in [9.17, 15) is 0 Å².